The first kappa shape index (κ1) is 71.1. The molecule has 9 heteroatoms. The first-order valence-electron chi connectivity index (χ1n) is 43.8. The van der Waals surface area contributed by atoms with Crippen molar-refractivity contribution < 1.29 is 0 Å². The maximum absolute atomic E-state index is 5.88. The average molecular weight is 1590 g/mol. The van der Waals surface area contributed by atoms with Gasteiger partial charge in [0, 0.05) is 129 Å². The van der Waals surface area contributed by atoms with Gasteiger partial charge in [0.15, 0.2) is 17.5 Å². The predicted molar refractivity (Wildman–Crippen MR) is 510 cm³/mol. The van der Waals surface area contributed by atoms with Gasteiger partial charge >= 0.3 is 0 Å². The SMILES string of the molecule is CC1(C)c2ccccc2-c2cc3c4c(n(-c5ccc(-c6nc(-c7ccccc7)nc(-c7ccc(-n8c9c(c%10ccccc%108)C=C8c%10ccccc%10C(C)(C)C8C9)c(-c8cnccc8-n8c9ccccc9c9cc%10c(cc98)C(C)(C)c8ccccc8-%10)c7)n6)cc5-c5cnccc5-n5c6ccccc6c6cc7c(cc65)C(C)(C)c5ccccc5-7)c3cc21)C=CCC4. The van der Waals surface area contributed by atoms with E-state index in [2.05, 4.69) is 389 Å². The molecule has 6 aliphatic rings. The molecule has 13 aromatic carbocycles. The van der Waals surface area contributed by atoms with Crippen molar-refractivity contribution in [3.05, 3.63) is 383 Å². The molecule has 0 radical (unpaired) electrons. The Hall–Kier alpha value is -14.7. The summed E-state index contributed by atoms with van der Waals surface area (Å²) in [5.41, 5.74) is 41.6. The minimum absolute atomic E-state index is 0.123. The Morgan fingerprint density at radius 1 is 0.306 bits per heavy atom. The van der Waals surface area contributed by atoms with Crippen molar-refractivity contribution in [2.45, 2.75) is 96.3 Å². The molecule has 0 aliphatic heterocycles. The maximum atomic E-state index is 5.88. The number of aryl methyl sites for hydroxylation is 1. The quantitative estimate of drug-likeness (QED) is 0.144. The van der Waals surface area contributed by atoms with Gasteiger partial charge in [-0.2, -0.15) is 0 Å². The molecule has 26 rings (SSSR count). The highest BCUT2D eigenvalue weighted by atomic mass is 15.1. The monoisotopic (exact) mass is 1590 g/mol. The van der Waals surface area contributed by atoms with Gasteiger partial charge in [-0.05, 0) is 235 Å². The van der Waals surface area contributed by atoms with Crippen molar-refractivity contribution in [3.8, 4) is 113 Å². The zero-order valence-corrected chi connectivity index (χ0v) is 70.4. The fourth-order valence-corrected chi connectivity index (χ4v) is 23.5. The van der Waals surface area contributed by atoms with E-state index in [0.29, 0.717) is 17.5 Å². The van der Waals surface area contributed by atoms with E-state index in [1.165, 1.54) is 144 Å². The molecule has 0 saturated carbocycles. The Morgan fingerprint density at radius 3 is 1.25 bits per heavy atom. The molecule has 7 aromatic heterocycles. The fraction of sp³-hybridized carbons (Fsp3) is 0.139. The molecule has 1 unspecified atom stereocenters. The molecule has 0 fully saturated rings. The summed E-state index contributed by atoms with van der Waals surface area (Å²) in [6, 6.07) is 107. The van der Waals surface area contributed by atoms with E-state index >= 15 is 0 Å². The second-order valence-corrected chi connectivity index (χ2v) is 37.4. The van der Waals surface area contributed by atoms with Crippen LogP contribution in [0.5, 0.6) is 0 Å². The summed E-state index contributed by atoms with van der Waals surface area (Å²) in [5, 5.41) is 7.29. The van der Waals surface area contributed by atoms with E-state index in [0.717, 1.165) is 109 Å². The zero-order valence-electron chi connectivity index (χ0n) is 70.4. The van der Waals surface area contributed by atoms with Crippen LogP contribution in [-0.2, 0) is 34.5 Å². The van der Waals surface area contributed by atoms with Crippen molar-refractivity contribution in [2.75, 3.05) is 0 Å². The highest BCUT2D eigenvalue weighted by Gasteiger charge is 2.47. The third kappa shape index (κ3) is 9.72. The highest BCUT2D eigenvalue weighted by Crippen LogP contribution is 2.59. The molecule has 0 bridgehead atoms. The van der Waals surface area contributed by atoms with Crippen LogP contribution in [0.4, 0.5) is 0 Å². The molecule has 1 atom stereocenters. The number of para-hydroxylation sites is 3. The van der Waals surface area contributed by atoms with E-state index in [9.17, 15) is 0 Å². The summed E-state index contributed by atoms with van der Waals surface area (Å²) in [4.78, 5) is 27.6. The van der Waals surface area contributed by atoms with Crippen LogP contribution in [0.2, 0.25) is 0 Å². The molecule has 7 heterocycles. The van der Waals surface area contributed by atoms with E-state index in [4.69, 9.17) is 24.9 Å². The van der Waals surface area contributed by atoms with Crippen LogP contribution >= 0.6 is 0 Å². The Labute approximate surface area is 719 Å². The lowest BCUT2D eigenvalue weighted by Crippen LogP contribution is -2.27. The number of benzene rings is 13. The second-order valence-electron chi connectivity index (χ2n) is 37.4. The van der Waals surface area contributed by atoms with Crippen LogP contribution in [-0.4, -0.2) is 43.2 Å². The standard InChI is InChI=1S/C115H85N9/c1-112(2)89-38-20-12-30-69(89)77-56-83-73-34-16-24-42-97(73)121(105(83)60-93(77)112)101-48-46-67(54-81(101)87-64-116-52-50-103(87)123-99-44-26-18-36-75(99)85-58-79-71-32-14-22-40-91(71)114(5,6)95(79)62-107(85)123)110-118-109(66-28-10-9-11-29-66)119-111(120-110)68-47-49-102(122-98-43-25-17-35-74(98)84-57-78-70-31-13-21-39-90(70)113(3,4)94(78)61-106(84)122)82(55-68)88-65-117-53-51-104(88)124-100-45-27-19-37-76(100)86-59-80-72-33-15-23-41-92(72)115(7,8)96(80)63-108(86)124/h9-16,18-34,36-59,61-65,93H,17,35,60H2,1-8H3. The summed E-state index contributed by atoms with van der Waals surface area (Å²) in [6.45, 7) is 19.2. The first-order valence-corrected chi connectivity index (χ1v) is 43.8. The van der Waals surface area contributed by atoms with Gasteiger partial charge in [-0.15, -0.1) is 0 Å². The minimum atomic E-state index is -0.244. The maximum Gasteiger partial charge on any atom is 0.164 e. The molecular formula is C115H85N9. The number of fused-ring (bicyclic) bond motifs is 24. The zero-order chi connectivity index (χ0) is 82.7. The van der Waals surface area contributed by atoms with Crippen LogP contribution in [0.25, 0.3) is 196 Å². The molecule has 20 aromatic rings. The molecule has 6 aliphatic carbocycles. The van der Waals surface area contributed by atoms with Gasteiger partial charge in [-0.3, -0.25) is 9.97 Å². The van der Waals surface area contributed by atoms with Crippen molar-refractivity contribution in [1.29, 1.82) is 0 Å². The number of hydrogen-bond acceptors (Lipinski definition) is 5. The predicted octanol–water partition coefficient (Wildman–Crippen LogP) is 28.0. The molecule has 590 valence electrons. The van der Waals surface area contributed by atoms with E-state index < -0.39 is 0 Å². The molecular weight excluding hydrogens is 1510 g/mol. The van der Waals surface area contributed by atoms with E-state index in [-0.39, 0.29) is 27.6 Å². The summed E-state index contributed by atoms with van der Waals surface area (Å²) >= 11 is 0. The number of aromatic nitrogens is 9. The summed E-state index contributed by atoms with van der Waals surface area (Å²) in [7, 11) is 0. The van der Waals surface area contributed by atoms with Gasteiger partial charge in [-0.1, -0.05) is 243 Å². The van der Waals surface area contributed by atoms with Crippen molar-refractivity contribution in [2.24, 2.45) is 5.92 Å². The first-order chi connectivity index (χ1) is 60.5. The number of rotatable bonds is 9. The topological polar surface area (TPSA) is 84.2 Å². The van der Waals surface area contributed by atoms with Crippen molar-refractivity contribution in [3.63, 3.8) is 0 Å². The number of pyridine rings is 2. The third-order valence-electron chi connectivity index (χ3n) is 29.6. The highest BCUT2D eigenvalue weighted by molar-refractivity contribution is 6.15. The summed E-state index contributed by atoms with van der Waals surface area (Å²) in [5.74, 6) is 1.88. The summed E-state index contributed by atoms with van der Waals surface area (Å²) < 4.78 is 10.2. The Morgan fingerprint density at radius 2 is 0.726 bits per heavy atom. The van der Waals surface area contributed by atoms with E-state index in [1.54, 1.807) is 0 Å². The number of allylic oxidation sites excluding steroid dienone is 2. The molecule has 9 nitrogen and oxygen atoms in total. The van der Waals surface area contributed by atoms with Crippen LogP contribution in [0.3, 0.4) is 0 Å². The molecule has 0 amide bonds. The lowest BCUT2D eigenvalue weighted by Gasteiger charge is -2.32. The Bertz CT molecular complexity index is 8220. The van der Waals surface area contributed by atoms with Crippen LogP contribution in [0.1, 0.15) is 129 Å². The second kappa shape index (κ2) is 25.5. The lowest BCUT2D eigenvalue weighted by atomic mass is 9.73. The number of hydrogen-bond donors (Lipinski definition) is 0. The largest absolute Gasteiger partial charge is 0.312 e. The van der Waals surface area contributed by atoms with Gasteiger partial charge in [0.1, 0.15) is 0 Å². The average Bonchev–Trinajstić information content (AvgIpc) is 1.56. The molecule has 0 saturated heterocycles. The van der Waals surface area contributed by atoms with E-state index in [1.807, 2.05) is 12.4 Å². The number of nitrogens with zero attached hydrogens (tertiary/aromatic N) is 9. The van der Waals surface area contributed by atoms with Gasteiger partial charge in [0.25, 0.3) is 0 Å². The van der Waals surface area contributed by atoms with Crippen LogP contribution < -0.4 is 0 Å². The van der Waals surface area contributed by atoms with Crippen molar-refractivity contribution in [1.82, 2.24) is 43.2 Å². The molecule has 0 N–H and O–H groups in total. The Balaban J connectivity index is 0.723. The minimum Gasteiger partial charge on any atom is -0.312 e. The lowest BCUT2D eigenvalue weighted by molar-refractivity contribution is 0.405. The van der Waals surface area contributed by atoms with Crippen LogP contribution in [0, 0.1) is 5.92 Å². The van der Waals surface area contributed by atoms with Gasteiger partial charge in [0.2, 0.25) is 0 Å². The molecule has 0 spiro atoms. The normalized spacial score (nSPS) is 16.0. The Kier molecular flexibility index (Phi) is 14.6. The van der Waals surface area contributed by atoms with Gasteiger partial charge in [0.05, 0.1) is 55.8 Å². The fourth-order valence-electron chi connectivity index (χ4n) is 23.5. The third-order valence-corrected chi connectivity index (χ3v) is 29.6. The van der Waals surface area contributed by atoms with Crippen molar-refractivity contribution >= 4 is 83.1 Å². The van der Waals surface area contributed by atoms with Gasteiger partial charge < -0.3 is 18.3 Å². The van der Waals surface area contributed by atoms with Gasteiger partial charge in [-0.25, -0.2) is 15.0 Å². The van der Waals surface area contributed by atoms with Crippen LogP contribution in [0.15, 0.2) is 316 Å². The smallest absolute Gasteiger partial charge is 0.164 e. The summed E-state index contributed by atoms with van der Waals surface area (Å²) in [6.07, 6.45) is 18.1. The molecule has 124 heavy (non-hydrogen) atoms.